The number of anilines is 4. The van der Waals surface area contributed by atoms with E-state index in [1.165, 1.54) is 12.0 Å². The lowest BCUT2D eigenvalue weighted by Gasteiger charge is -2.37. The van der Waals surface area contributed by atoms with Gasteiger partial charge in [0.25, 0.3) is 0 Å². The highest BCUT2D eigenvalue weighted by atomic mass is 16.2. The number of amides is 1. The van der Waals surface area contributed by atoms with Crippen LogP contribution in [-0.4, -0.2) is 42.1 Å². The predicted molar refractivity (Wildman–Crippen MR) is 119 cm³/mol. The molecule has 1 fully saturated rings. The molecule has 8 nitrogen and oxygen atoms in total. The Morgan fingerprint density at radius 2 is 1.53 bits per heavy atom. The van der Waals surface area contributed by atoms with Gasteiger partial charge in [0.15, 0.2) is 11.6 Å². The van der Waals surface area contributed by atoms with Crippen LogP contribution in [0, 0.1) is 0 Å². The van der Waals surface area contributed by atoms with E-state index in [-0.39, 0.29) is 12.3 Å². The molecule has 4 rings (SSSR count). The molecule has 4 N–H and O–H groups in total. The minimum Gasteiger partial charge on any atom is -0.393 e. The maximum atomic E-state index is 12.2. The minimum atomic E-state index is -0.169. The summed E-state index contributed by atoms with van der Waals surface area (Å²) in [5, 5.41) is 0. The van der Waals surface area contributed by atoms with Crippen LogP contribution in [0.3, 0.4) is 0 Å². The van der Waals surface area contributed by atoms with E-state index in [1.807, 2.05) is 48.5 Å². The third-order valence-corrected chi connectivity index (χ3v) is 5.09. The molecular weight excluding hydrogens is 378 g/mol. The van der Waals surface area contributed by atoms with Gasteiger partial charge >= 0.3 is 0 Å². The number of nitrogens with two attached hydrogens (primary N) is 1. The van der Waals surface area contributed by atoms with E-state index in [0.29, 0.717) is 17.3 Å². The van der Waals surface area contributed by atoms with E-state index in [9.17, 15) is 4.79 Å². The number of nitrogens with zero attached hydrogens (tertiary/aromatic N) is 4. The zero-order chi connectivity index (χ0) is 20.8. The fraction of sp³-hybridized carbons (Fsp3) is 0.227. The third-order valence-electron chi connectivity index (χ3n) is 5.09. The SMILES string of the molecule is Nc1c(NNC(=O)Cc2ccccc2)ncnc1N1CCN(c2ccccc2)CC1. The summed E-state index contributed by atoms with van der Waals surface area (Å²) in [5.74, 6) is 0.904. The molecule has 154 valence electrons. The Labute approximate surface area is 175 Å². The lowest BCUT2D eigenvalue weighted by molar-refractivity contribution is -0.119. The topological polar surface area (TPSA) is 99.4 Å². The molecule has 0 saturated carbocycles. The molecule has 1 aromatic heterocycles. The van der Waals surface area contributed by atoms with Crippen LogP contribution in [-0.2, 0) is 11.2 Å². The summed E-state index contributed by atoms with van der Waals surface area (Å²) in [7, 11) is 0. The first-order valence-electron chi connectivity index (χ1n) is 9.95. The molecule has 1 saturated heterocycles. The van der Waals surface area contributed by atoms with Crippen LogP contribution in [0.15, 0.2) is 67.0 Å². The number of aromatic nitrogens is 2. The van der Waals surface area contributed by atoms with Crippen molar-refractivity contribution in [1.82, 2.24) is 15.4 Å². The van der Waals surface area contributed by atoms with Crippen molar-refractivity contribution in [2.75, 3.05) is 47.1 Å². The number of hydrazine groups is 1. The second kappa shape index (κ2) is 9.13. The standard InChI is InChI=1S/C22H25N7O/c23-20-21(27-26-19(30)15-17-7-3-1-4-8-17)24-16-25-22(20)29-13-11-28(12-14-29)18-9-5-2-6-10-18/h1-10,16H,11-15,23H2,(H,26,30)(H,24,25,27). The van der Waals surface area contributed by atoms with Crippen LogP contribution >= 0.6 is 0 Å². The van der Waals surface area contributed by atoms with Crippen molar-refractivity contribution in [3.8, 4) is 0 Å². The maximum Gasteiger partial charge on any atom is 0.242 e. The highest BCUT2D eigenvalue weighted by Crippen LogP contribution is 2.27. The maximum absolute atomic E-state index is 12.2. The molecule has 30 heavy (non-hydrogen) atoms. The molecule has 1 amide bonds. The molecule has 2 heterocycles. The minimum absolute atomic E-state index is 0.169. The smallest absolute Gasteiger partial charge is 0.242 e. The van der Waals surface area contributed by atoms with Gasteiger partial charge in [0, 0.05) is 31.9 Å². The summed E-state index contributed by atoms with van der Waals surface area (Å²) in [5.41, 5.74) is 14.4. The van der Waals surface area contributed by atoms with E-state index in [2.05, 4.69) is 42.8 Å². The predicted octanol–water partition coefficient (Wildman–Crippen LogP) is 2.07. The van der Waals surface area contributed by atoms with Gasteiger partial charge in [-0.2, -0.15) is 0 Å². The molecule has 2 aromatic carbocycles. The van der Waals surface area contributed by atoms with Crippen molar-refractivity contribution in [3.63, 3.8) is 0 Å². The second-order valence-electron chi connectivity index (χ2n) is 7.10. The normalized spacial score (nSPS) is 13.7. The average Bonchev–Trinajstić information content (AvgIpc) is 2.80. The van der Waals surface area contributed by atoms with Gasteiger partial charge in [-0.1, -0.05) is 48.5 Å². The van der Waals surface area contributed by atoms with E-state index < -0.39 is 0 Å². The van der Waals surface area contributed by atoms with E-state index in [4.69, 9.17) is 5.73 Å². The Morgan fingerprint density at radius 1 is 0.900 bits per heavy atom. The van der Waals surface area contributed by atoms with Crippen molar-refractivity contribution in [2.24, 2.45) is 0 Å². The van der Waals surface area contributed by atoms with Crippen molar-refractivity contribution in [3.05, 3.63) is 72.6 Å². The highest BCUT2D eigenvalue weighted by molar-refractivity contribution is 5.82. The van der Waals surface area contributed by atoms with Crippen LogP contribution < -0.4 is 26.4 Å². The van der Waals surface area contributed by atoms with E-state index >= 15 is 0 Å². The molecule has 1 aliphatic heterocycles. The van der Waals surface area contributed by atoms with Crippen molar-refractivity contribution in [2.45, 2.75) is 6.42 Å². The van der Waals surface area contributed by atoms with Gasteiger partial charge in [0.1, 0.15) is 12.0 Å². The molecule has 1 aliphatic rings. The number of piperazine rings is 1. The number of carbonyl (C=O) groups excluding carboxylic acids is 1. The number of nitrogens with one attached hydrogen (secondary N) is 2. The summed E-state index contributed by atoms with van der Waals surface area (Å²) in [6, 6.07) is 19.9. The van der Waals surface area contributed by atoms with Crippen LogP contribution in [0.1, 0.15) is 5.56 Å². The van der Waals surface area contributed by atoms with Crippen LogP contribution in [0.25, 0.3) is 0 Å². The summed E-state index contributed by atoms with van der Waals surface area (Å²) < 4.78 is 0. The van der Waals surface area contributed by atoms with Gasteiger partial charge in [-0.25, -0.2) is 9.97 Å². The van der Waals surface area contributed by atoms with Crippen LogP contribution in [0.4, 0.5) is 23.0 Å². The molecule has 0 spiro atoms. The number of nitrogen functional groups attached to an aromatic ring is 1. The van der Waals surface area contributed by atoms with Gasteiger partial charge < -0.3 is 15.5 Å². The molecule has 8 heteroatoms. The number of para-hydroxylation sites is 1. The first kappa shape index (κ1) is 19.5. The van der Waals surface area contributed by atoms with Gasteiger partial charge in [0.05, 0.1) is 6.42 Å². The number of hydrogen-bond donors (Lipinski definition) is 3. The van der Waals surface area contributed by atoms with Crippen molar-refractivity contribution < 1.29 is 4.79 Å². The summed E-state index contributed by atoms with van der Waals surface area (Å²) >= 11 is 0. The van der Waals surface area contributed by atoms with Gasteiger partial charge in [-0.3, -0.25) is 15.6 Å². The quantitative estimate of drug-likeness (QED) is 0.542. The molecular formula is C22H25N7O. The zero-order valence-electron chi connectivity index (χ0n) is 16.7. The Morgan fingerprint density at radius 3 is 2.23 bits per heavy atom. The lowest BCUT2D eigenvalue weighted by Crippen LogP contribution is -2.47. The number of hydrogen-bond acceptors (Lipinski definition) is 7. The highest BCUT2D eigenvalue weighted by Gasteiger charge is 2.21. The van der Waals surface area contributed by atoms with E-state index in [1.54, 1.807) is 0 Å². The molecule has 0 aliphatic carbocycles. The summed E-state index contributed by atoms with van der Waals surface area (Å²) in [6.07, 6.45) is 1.73. The second-order valence-corrected chi connectivity index (χ2v) is 7.10. The molecule has 0 unspecified atom stereocenters. The number of carbonyl (C=O) groups is 1. The first-order valence-corrected chi connectivity index (χ1v) is 9.95. The summed E-state index contributed by atoms with van der Waals surface area (Å²) in [4.78, 5) is 25.2. The van der Waals surface area contributed by atoms with Crippen LogP contribution in [0.2, 0.25) is 0 Å². The first-order chi connectivity index (χ1) is 14.7. The number of rotatable bonds is 6. The zero-order valence-corrected chi connectivity index (χ0v) is 16.7. The van der Waals surface area contributed by atoms with Crippen molar-refractivity contribution >= 4 is 28.9 Å². The molecule has 0 radical (unpaired) electrons. The monoisotopic (exact) mass is 403 g/mol. The Bertz CT molecular complexity index is 973. The lowest BCUT2D eigenvalue weighted by atomic mass is 10.1. The Hall–Kier alpha value is -3.81. The molecule has 3 aromatic rings. The molecule has 0 bridgehead atoms. The van der Waals surface area contributed by atoms with Gasteiger partial charge in [-0.15, -0.1) is 0 Å². The third kappa shape index (κ3) is 4.60. The van der Waals surface area contributed by atoms with Crippen molar-refractivity contribution in [1.29, 1.82) is 0 Å². The fourth-order valence-electron chi connectivity index (χ4n) is 3.51. The Kier molecular flexibility index (Phi) is 5.93. The summed E-state index contributed by atoms with van der Waals surface area (Å²) in [6.45, 7) is 3.36. The fourth-order valence-corrected chi connectivity index (χ4v) is 3.51. The van der Waals surface area contributed by atoms with Crippen LogP contribution in [0.5, 0.6) is 0 Å². The average molecular weight is 403 g/mol. The Balaban J connectivity index is 1.35. The van der Waals surface area contributed by atoms with E-state index in [0.717, 1.165) is 31.7 Å². The number of benzene rings is 2. The largest absolute Gasteiger partial charge is 0.393 e. The molecule has 0 atom stereocenters. The van der Waals surface area contributed by atoms with Gasteiger partial charge in [0.2, 0.25) is 5.91 Å². The van der Waals surface area contributed by atoms with Gasteiger partial charge in [-0.05, 0) is 17.7 Å².